The first-order chi connectivity index (χ1) is 32.0. The van der Waals surface area contributed by atoms with E-state index in [1.807, 2.05) is 52.0 Å². The average Bonchev–Trinajstić information content (AvgIpc) is 3.34. The Bertz CT molecular complexity index is 2370. The number of benzene rings is 5. The molecule has 0 heteroatoms. The third-order valence-electron chi connectivity index (χ3n) is 11.7. The summed E-state index contributed by atoms with van der Waals surface area (Å²) >= 11 is 0. The largest absolute Gasteiger partial charge is 0.0912 e. The third-order valence-corrected chi connectivity index (χ3v) is 11.7. The van der Waals surface area contributed by atoms with Crippen LogP contribution in [0.2, 0.25) is 0 Å². The standard InChI is InChI=1S/C28H30.C18H22.C9H14.C9H12.C2H6/c1-7-9-10-14-22(4)28-18-17-26(20-24(28)6)25(13-8-2)19-23(5)27-16-12-11-15-21(27)3;1-5-13(2)16-11-10-15(4)18(12-16)17-9-7-6-8-14(17)3;2*1-2-6-9-7-4-3-5-8-9;1-2/h7-20H,4-5H2,1-3,6H3;6-13H,5H2,1-4H3;3-5,7,9H,2,6,8H2,1H3;3-5,7-8H,2,6H2,1H3;1-2H3/b9-7-,13-8-,14-10-,25-19+;;;;/t;13-;;;/m.1.../s1. The number of aryl methyl sites for hydroxylation is 5. The molecule has 0 amide bonds. The zero-order valence-electron chi connectivity index (χ0n) is 43.1. The molecule has 0 nitrogen and oxygen atoms in total. The van der Waals surface area contributed by atoms with Crippen LogP contribution in [0.1, 0.15) is 143 Å². The summed E-state index contributed by atoms with van der Waals surface area (Å²) in [5.41, 5.74) is 17.5. The predicted octanol–water partition coefficient (Wildman–Crippen LogP) is 20.2. The summed E-state index contributed by atoms with van der Waals surface area (Å²) < 4.78 is 0. The first kappa shape index (κ1) is 56.2. The van der Waals surface area contributed by atoms with Crippen LogP contribution in [0.15, 0.2) is 195 Å². The lowest BCUT2D eigenvalue weighted by molar-refractivity contribution is 0.584. The summed E-state index contributed by atoms with van der Waals surface area (Å²) in [4.78, 5) is 0. The maximum absolute atomic E-state index is 4.30. The molecule has 6 rings (SSSR count). The Morgan fingerprint density at radius 2 is 1.27 bits per heavy atom. The van der Waals surface area contributed by atoms with Crippen LogP contribution in [0.5, 0.6) is 0 Å². The fourth-order valence-corrected chi connectivity index (χ4v) is 7.68. The van der Waals surface area contributed by atoms with Crippen molar-refractivity contribution in [2.75, 3.05) is 0 Å². The lowest BCUT2D eigenvalue weighted by Crippen LogP contribution is -1.95. The molecule has 1 aliphatic rings. The van der Waals surface area contributed by atoms with Gasteiger partial charge in [-0.05, 0) is 163 Å². The summed E-state index contributed by atoms with van der Waals surface area (Å²) in [6.45, 7) is 34.2. The Labute approximate surface area is 404 Å². The second-order valence-corrected chi connectivity index (χ2v) is 16.9. The van der Waals surface area contributed by atoms with Gasteiger partial charge in [-0.2, -0.15) is 0 Å². The van der Waals surface area contributed by atoms with E-state index in [0.29, 0.717) is 5.92 Å². The van der Waals surface area contributed by atoms with Crippen LogP contribution >= 0.6 is 0 Å². The number of hydrogen-bond donors (Lipinski definition) is 0. The molecule has 0 saturated carbocycles. The molecule has 348 valence electrons. The van der Waals surface area contributed by atoms with Gasteiger partial charge in [-0.1, -0.05) is 244 Å². The fraction of sp³-hybridized carbons (Fsp3) is 0.303. The summed E-state index contributed by atoms with van der Waals surface area (Å²) in [6.07, 6.45) is 30.9. The molecule has 0 heterocycles. The van der Waals surface area contributed by atoms with Gasteiger partial charge in [0.1, 0.15) is 0 Å². The summed E-state index contributed by atoms with van der Waals surface area (Å²) in [7, 11) is 0. The summed E-state index contributed by atoms with van der Waals surface area (Å²) in [6, 6.07) is 41.0. The molecule has 0 spiro atoms. The Morgan fingerprint density at radius 3 is 1.86 bits per heavy atom. The lowest BCUT2D eigenvalue weighted by Gasteiger charge is -2.14. The lowest BCUT2D eigenvalue weighted by atomic mass is 9.90. The van der Waals surface area contributed by atoms with Gasteiger partial charge >= 0.3 is 0 Å². The minimum absolute atomic E-state index is 0.633. The molecule has 2 atom stereocenters. The molecule has 1 unspecified atom stereocenters. The topological polar surface area (TPSA) is 0 Å². The summed E-state index contributed by atoms with van der Waals surface area (Å²) in [5, 5.41) is 0. The van der Waals surface area contributed by atoms with Crippen molar-refractivity contribution in [2.24, 2.45) is 5.92 Å². The van der Waals surface area contributed by atoms with Crippen molar-refractivity contribution in [1.82, 2.24) is 0 Å². The van der Waals surface area contributed by atoms with Gasteiger partial charge in [0.2, 0.25) is 0 Å². The second-order valence-electron chi connectivity index (χ2n) is 16.9. The molecular weight excluding hydrogens is 793 g/mol. The minimum atomic E-state index is 0.633. The molecule has 0 bridgehead atoms. The number of allylic oxidation sites excluding steroid dienone is 14. The van der Waals surface area contributed by atoms with Crippen molar-refractivity contribution in [2.45, 2.75) is 128 Å². The van der Waals surface area contributed by atoms with Crippen molar-refractivity contribution >= 4 is 16.7 Å². The van der Waals surface area contributed by atoms with Gasteiger partial charge in [0, 0.05) is 0 Å². The van der Waals surface area contributed by atoms with E-state index in [2.05, 4.69) is 226 Å². The molecular formula is C66H84. The first-order valence-corrected chi connectivity index (χ1v) is 24.7. The Balaban J connectivity index is 0.000000333. The summed E-state index contributed by atoms with van der Waals surface area (Å²) in [5.74, 6) is 1.47. The molecule has 66 heavy (non-hydrogen) atoms. The van der Waals surface area contributed by atoms with E-state index in [4.69, 9.17) is 0 Å². The maximum Gasteiger partial charge on any atom is -0.0149 e. The number of rotatable bonds is 14. The van der Waals surface area contributed by atoms with Gasteiger partial charge in [0.15, 0.2) is 0 Å². The Morgan fingerprint density at radius 1 is 0.621 bits per heavy atom. The van der Waals surface area contributed by atoms with Crippen LogP contribution in [-0.2, 0) is 6.42 Å². The predicted molar refractivity (Wildman–Crippen MR) is 300 cm³/mol. The fourth-order valence-electron chi connectivity index (χ4n) is 7.68. The zero-order valence-corrected chi connectivity index (χ0v) is 43.1. The SMILES string of the molecule is C=C(/C=C\C=C/C)c1ccc(C(/C=C\C)=C/C(=C)c2ccccc2C)cc1C.CC.CCCC1C=CC=CC1.CCCc1ccccc1.CC[C@@H](C)c1ccc(C)c(-c2ccccc2C)c1. The van der Waals surface area contributed by atoms with E-state index in [9.17, 15) is 0 Å². The highest BCUT2D eigenvalue weighted by atomic mass is 14.1. The monoisotopic (exact) mass is 877 g/mol. The van der Waals surface area contributed by atoms with Crippen molar-refractivity contribution in [1.29, 1.82) is 0 Å². The normalized spacial score (nSPS) is 13.4. The highest BCUT2D eigenvalue weighted by molar-refractivity contribution is 5.88. The van der Waals surface area contributed by atoms with Gasteiger partial charge in [-0.3, -0.25) is 0 Å². The number of hydrogen-bond acceptors (Lipinski definition) is 0. The molecule has 0 aliphatic heterocycles. The minimum Gasteiger partial charge on any atom is -0.0912 e. The van der Waals surface area contributed by atoms with E-state index in [1.165, 1.54) is 99.7 Å². The van der Waals surface area contributed by atoms with Crippen molar-refractivity contribution in [3.8, 4) is 11.1 Å². The van der Waals surface area contributed by atoms with Crippen molar-refractivity contribution in [3.05, 3.63) is 245 Å². The highest BCUT2D eigenvalue weighted by Gasteiger charge is 2.10. The van der Waals surface area contributed by atoms with Crippen molar-refractivity contribution in [3.63, 3.8) is 0 Å². The molecule has 0 N–H and O–H groups in total. The third kappa shape index (κ3) is 19.6. The van der Waals surface area contributed by atoms with Gasteiger partial charge in [0.05, 0.1) is 0 Å². The van der Waals surface area contributed by atoms with Crippen LogP contribution < -0.4 is 0 Å². The van der Waals surface area contributed by atoms with Crippen molar-refractivity contribution < 1.29 is 0 Å². The van der Waals surface area contributed by atoms with E-state index >= 15 is 0 Å². The Hall–Kier alpha value is -5.98. The Kier molecular flexibility index (Phi) is 27.8. The second kappa shape index (κ2) is 32.6. The van der Waals surface area contributed by atoms with Gasteiger partial charge in [-0.15, -0.1) is 0 Å². The van der Waals surface area contributed by atoms with E-state index < -0.39 is 0 Å². The maximum atomic E-state index is 4.30. The van der Waals surface area contributed by atoms with Crippen LogP contribution in [0, 0.1) is 33.6 Å². The van der Waals surface area contributed by atoms with Crippen LogP contribution in [0.25, 0.3) is 27.8 Å². The van der Waals surface area contributed by atoms with Crippen LogP contribution in [0.4, 0.5) is 0 Å². The highest BCUT2D eigenvalue weighted by Crippen LogP contribution is 2.31. The molecule has 0 fully saturated rings. The van der Waals surface area contributed by atoms with Gasteiger partial charge in [-0.25, -0.2) is 0 Å². The van der Waals surface area contributed by atoms with Crippen LogP contribution in [0.3, 0.4) is 0 Å². The molecule has 0 aromatic heterocycles. The first-order valence-electron chi connectivity index (χ1n) is 24.7. The molecule has 0 radical (unpaired) electrons. The zero-order chi connectivity index (χ0) is 48.7. The molecule has 5 aromatic carbocycles. The molecule has 1 aliphatic carbocycles. The average molecular weight is 877 g/mol. The van der Waals surface area contributed by atoms with E-state index in [-0.39, 0.29) is 0 Å². The molecule has 0 saturated heterocycles. The quantitative estimate of drug-likeness (QED) is 0.0975. The smallest absolute Gasteiger partial charge is 0.0149 e. The van der Waals surface area contributed by atoms with Crippen LogP contribution in [-0.4, -0.2) is 0 Å². The van der Waals surface area contributed by atoms with Gasteiger partial charge < -0.3 is 0 Å². The van der Waals surface area contributed by atoms with E-state index in [1.54, 1.807) is 0 Å². The molecule has 5 aromatic rings. The van der Waals surface area contributed by atoms with E-state index in [0.717, 1.165) is 22.6 Å². The van der Waals surface area contributed by atoms with Gasteiger partial charge in [0.25, 0.3) is 0 Å².